The molecular formula is C29H32BrFN2O3. The molecule has 3 rings (SSSR count). The van der Waals surface area contributed by atoms with Crippen LogP contribution >= 0.6 is 15.9 Å². The highest BCUT2D eigenvalue weighted by atomic mass is 79.9. The highest BCUT2D eigenvalue weighted by Crippen LogP contribution is 2.22. The van der Waals surface area contributed by atoms with E-state index in [0.717, 1.165) is 27.6 Å². The molecule has 0 saturated carbocycles. The predicted octanol–water partition coefficient (Wildman–Crippen LogP) is 5.83. The topological polar surface area (TPSA) is 58.6 Å². The third-order valence-electron chi connectivity index (χ3n) is 6.03. The molecule has 0 aromatic heterocycles. The van der Waals surface area contributed by atoms with E-state index >= 15 is 0 Å². The smallest absolute Gasteiger partial charge is 0.261 e. The molecule has 2 atom stereocenters. The number of nitrogens with one attached hydrogen (secondary N) is 1. The summed E-state index contributed by atoms with van der Waals surface area (Å²) in [6, 6.07) is 20.2. The van der Waals surface area contributed by atoms with E-state index in [-0.39, 0.29) is 36.8 Å². The van der Waals surface area contributed by atoms with Crippen molar-refractivity contribution in [1.29, 1.82) is 0 Å². The van der Waals surface area contributed by atoms with Gasteiger partial charge in [0.05, 0.1) is 0 Å². The summed E-state index contributed by atoms with van der Waals surface area (Å²) in [4.78, 5) is 28.6. The number of benzene rings is 3. The van der Waals surface area contributed by atoms with Crippen molar-refractivity contribution in [3.8, 4) is 5.75 Å². The van der Waals surface area contributed by atoms with Gasteiger partial charge >= 0.3 is 0 Å². The molecule has 0 aliphatic carbocycles. The van der Waals surface area contributed by atoms with Crippen LogP contribution in [0.15, 0.2) is 77.3 Å². The molecule has 1 N–H and O–H groups in total. The van der Waals surface area contributed by atoms with E-state index in [2.05, 4.69) is 21.2 Å². The zero-order chi connectivity index (χ0) is 26.1. The summed E-state index contributed by atoms with van der Waals surface area (Å²) < 4.78 is 20.3. The van der Waals surface area contributed by atoms with Crippen molar-refractivity contribution >= 4 is 27.7 Å². The van der Waals surface area contributed by atoms with Gasteiger partial charge in [-0.2, -0.15) is 0 Å². The lowest BCUT2D eigenvalue weighted by Gasteiger charge is -2.32. The molecule has 0 bridgehead atoms. The Hall–Kier alpha value is -3.19. The summed E-state index contributed by atoms with van der Waals surface area (Å²) in [6.45, 7) is 5.78. The zero-order valence-electron chi connectivity index (χ0n) is 20.8. The monoisotopic (exact) mass is 554 g/mol. The van der Waals surface area contributed by atoms with Crippen LogP contribution in [0.1, 0.15) is 37.0 Å². The van der Waals surface area contributed by atoms with Crippen molar-refractivity contribution in [2.45, 2.75) is 52.2 Å². The van der Waals surface area contributed by atoms with Crippen molar-refractivity contribution in [3.63, 3.8) is 0 Å². The molecule has 5 nitrogen and oxygen atoms in total. The van der Waals surface area contributed by atoms with Crippen LogP contribution in [0.5, 0.6) is 5.75 Å². The molecule has 0 aliphatic heterocycles. The van der Waals surface area contributed by atoms with Gasteiger partial charge in [-0.05, 0) is 67.3 Å². The number of ether oxygens (including phenoxy) is 1. The van der Waals surface area contributed by atoms with E-state index in [1.807, 2.05) is 63.2 Å². The van der Waals surface area contributed by atoms with Crippen LogP contribution in [0.3, 0.4) is 0 Å². The average molecular weight is 555 g/mol. The number of halogens is 2. The first-order valence-corrected chi connectivity index (χ1v) is 12.8. The van der Waals surface area contributed by atoms with Crippen molar-refractivity contribution in [3.05, 3.63) is 99.8 Å². The molecule has 0 aliphatic rings. The molecule has 0 saturated heterocycles. The number of aryl methyl sites for hydroxylation is 1. The van der Waals surface area contributed by atoms with Gasteiger partial charge < -0.3 is 15.0 Å². The highest BCUT2D eigenvalue weighted by molar-refractivity contribution is 9.10. The number of hydrogen-bond acceptors (Lipinski definition) is 3. The van der Waals surface area contributed by atoms with E-state index in [1.165, 1.54) is 17.0 Å². The maximum absolute atomic E-state index is 13.6. The Morgan fingerprint density at radius 1 is 1.03 bits per heavy atom. The van der Waals surface area contributed by atoms with Crippen LogP contribution in [0.25, 0.3) is 0 Å². The Balaban J connectivity index is 1.90. The molecule has 190 valence electrons. The van der Waals surface area contributed by atoms with Crippen molar-refractivity contribution in [1.82, 2.24) is 10.2 Å². The van der Waals surface area contributed by atoms with Crippen LogP contribution in [0, 0.1) is 12.7 Å². The first kappa shape index (κ1) is 27.4. The summed E-state index contributed by atoms with van der Waals surface area (Å²) in [5, 5.41) is 3.03. The van der Waals surface area contributed by atoms with Gasteiger partial charge in [0.25, 0.3) is 5.91 Å². The minimum Gasteiger partial charge on any atom is -0.484 e. The normalized spacial score (nSPS) is 12.5. The number of hydrogen-bond donors (Lipinski definition) is 1. The second-order valence-corrected chi connectivity index (χ2v) is 9.73. The summed E-state index contributed by atoms with van der Waals surface area (Å²) in [5.74, 6) is -0.362. The quantitative estimate of drug-likeness (QED) is 0.324. The fourth-order valence-corrected chi connectivity index (χ4v) is 3.96. The Morgan fingerprint density at radius 3 is 2.36 bits per heavy atom. The summed E-state index contributed by atoms with van der Waals surface area (Å²) in [6.07, 6.45) is 1.11. The first-order chi connectivity index (χ1) is 17.3. The maximum atomic E-state index is 13.6. The first-order valence-electron chi connectivity index (χ1n) is 12.0. The number of carbonyl (C=O) groups is 2. The Bertz CT molecular complexity index is 1150. The van der Waals surface area contributed by atoms with Gasteiger partial charge in [-0.15, -0.1) is 0 Å². The van der Waals surface area contributed by atoms with Crippen molar-refractivity contribution < 1.29 is 18.7 Å². The third kappa shape index (κ3) is 7.92. The van der Waals surface area contributed by atoms with Crippen molar-refractivity contribution in [2.24, 2.45) is 0 Å². The summed E-state index contributed by atoms with van der Waals surface area (Å²) in [7, 11) is 0. The molecular weight excluding hydrogens is 523 g/mol. The van der Waals surface area contributed by atoms with Crippen LogP contribution in [0.2, 0.25) is 0 Å². The second-order valence-electron chi connectivity index (χ2n) is 8.87. The Morgan fingerprint density at radius 2 is 1.72 bits per heavy atom. The molecule has 3 aromatic rings. The molecule has 36 heavy (non-hydrogen) atoms. The SMILES string of the molecule is CC[C@@H](C)NC(=O)[C@H](Cc1ccccc1)N(Cc1ccc(F)cc1)C(=O)COc1ccc(Br)c(C)c1. The van der Waals surface area contributed by atoms with E-state index < -0.39 is 6.04 Å². The number of carbonyl (C=O) groups excluding carboxylic acids is 2. The number of rotatable bonds is 11. The lowest BCUT2D eigenvalue weighted by atomic mass is 10.0. The van der Waals surface area contributed by atoms with E-state index in [9.17, 15) is 14.0 Å². The summed E-state index contributed by atoms with van der Waals surface area (Å²) >= 11 is 3.46. The van der Waals surface area contributed by atoms with Crippen LogP contribution in [0.4, 0.5) is 4.39 Å². The van der Waals surface area contributed by atoms with E-state index in [1.54, 1.807) is 18.2 Å². The molecule has 7 heteroatoms. The fraction of sp³-hybridized carbons (Fsp3) is 0.310. The molecule has 2 amide bonds. The molecule has 0 heterocycles. The minimum atomic E-state index is -0.769. The number of amides is 2. The van der Waals surface area contributed by atoms with Crippen LogP contribution in [-0.2, 0) is 22.6 Å². The highest BCUT2D eigenvalue weighted by Gasteiger charge is 2.31. The Kier molecular flexibility index (Phi) is 10.1. The maximum Gasteiger partial charge on any atom is 0.261 e. The zero-order valence-corrected chi connectivity index (χ0v) is 22.4. The largest absolute Gasteiger partial charge is 0.484 e. The van der Waals surface area contributed by atoms with Gasteiger partial charge in [0.15, 0.2) is 6.61 Å². The number of nitrogens with zero attached hydrogens (tertiary/aromatic N) is 1. The van der Waals surface area contributed by atoms with Gasteiger partial charge in [-0.1, -0.05) is 65.3 Å². The van der Waals surface area contributed by atoms with Crippen molar-refractivity contribution in [2.75, 3.05) is 6.61 Å². The van der Waals surface area contributed by atoms with Gasteiger partial charge in [0.1, 0.15) is 17.6 Å². The van der Waals surface area contributed by atoms with Gasteiger partial charge in [-0.25, -0.2) is 4.39 Å². The molecule has 0 unspecified atom stereocenters. The predicted molar refractivity (Wildman–Crippen MR) is 143 cm³/mol. The molecule has 0 spiro atoms. The lowest BCUT2D eigenvalue weighted by molar-refractivity contribution is -0.143. The van der Waals surface area contributed by atoms with E-state index in [4.69, 9.17) is 4.74 Å². The van der Waals surface area contributed by atoms with Crippen LogP contribution in [-0.4, -0.2) is 35.4 Å². The standard InChI is InChI=1S/C29H32BrFN2O3/c1-4-21(3)32-29(35)27(17-22-8-6-5-7-9-22)33(18-23-10-12-24(31)13-11-23)28(34)19-36-25-14-15-26(30)20(2)16-25/h5-16,21,27H,4,17-19H2,1-3H3,(H,32,35)/t21-,27+/m1/s1. The lowest BCUT2D eigenvalue weighted by Crippen LogP contribution is -2.53. The third-order valence-corrected chi connectivity index (χ3v) is 6.92. The Labute approximate surface area is 220 Å². The minimum absolute atomic E-state index is 0.0412. The van der Waals surface area contributed by atoms with E-state index in [0.29, 0.717) is 12.2 Å². The molecule has 0 fully saturated rings. The molecule has 0 radical (unpaired) electrons. The molecule has 3 aromatic carbocycles. The van der Waals surface area contributed by atoms with Gasteiger partial charge in [-0.3, -0.25) is 9.59 Å². The van der Waals surface area contributed by atoms with Gasteiger partial charge in [0, 0.05) is 23.5 Å². The second kappa shape index (κ2) is 13.2. The van der Waals surface area contributed by atoms with Gasteiger partial charge in [0.2, 0.25) is 5.91 Å². The van der Waals surface area contributed by atoms with Crippen LogP contribution < -0.4 is 10.1 Å². The average Bonchev–Trinajstić information content (AvgIpc) is 2.88. The fourth-order valence-electron chi connectivity index (χ4n) is 3.72. The summed E-state index contributed by atoms with van der Waals surface area (Å²) in [5.41, 5.74) is 2.64.